The van der Waals surface area contributed by atoms with Gasteiger partial charge in [-0.15, -0.1) is 0 Å². The predicted molar refractivity (Wildman–Crippen MR) is 131 cm³/mol. The second kappa shape index (κ2) is 11.1. The summed E-state index contributed by atoms with van der Waals surface area (Å²) in [5.74, 6) is -1.87. The summed E-state index contributed by atoms with van der Waals surface area (Å²) >= 11 is 0. The first-order valence-electron chi connectivity index (χ1n) is 12.9. The molecule has 34 heavy (non-hydrogen) atoms. The fraction of sp³-hybridized carbons (Fsp3) is 0.533. The zero-order chi connectivity index (χ0) is 24.2. The van der Waals surface area contributed by atoms with Gasteiger partial charge in [0.05, 0.1) is 0 Å². The Hall–Kier alpha value is -2.10. The van der Waals surface area contributed by atoms with E-state index >= 15 is 4.39 Å². The van der Waals surface area contributed by atoms with E-state index in [2.05, 4.69) is 19.1 Å². The Labute approximate surface area is 201 Å². The maximum atomic E-state index is 15.1. The van der Waals surface area contributed by atoms with Crippen molar-refractivity contribution in [3.8, 4) is 11.1 Å². The Kier molecular flexibility index (Phi) is 8.16. The molecule has 0 atom stereocenters. The molecule has 4 heteroatoms. The lowest BCUT2D eigenvalue weighted by molar-refractivity contribution is 0.156. The van der Waals surface area contributed by atoms with E-state index in [9.17, 15) is 13.2 Å². The quantitative estimate of drug-likeness (QED) is 0.290. The summed E-state index contributed by atoms with van der Waals surface area (Å²) in [5.41, 5.74) is 0.0478. The van der Waals surface area contributed by atoms with Crippen molar-refractivity contribution in [2.24, 2.45) is 17.8 Å². The summed E-state index contributed by atoms with van der Waals surface area (Å²) in [5, 5.41) is 0. The van der Waals surface area contributed by atoms with Gasteiger partial charge in [0.1, 0.15) is 0 Å². The van der Waals surface area contributed by atoms with Crippen LogP contribution in [-0.4, -0.2) is 0 Å². The van der Waals surface area contributed by atoms with E-state index in [0.29, 0.717) is 11.5 Å². The second-order valence-corrected chi connectivity index (χ2v) is 10.4. The third-order valence-corrected chi connectivity index (χ3v) is 8.42. The fourth-order valence-corrected chi connectivity index (χ4v) is 6.29. The molecule has 2 saturated carbocycles. The number of allylic oxidation sites excluding steroid dienone is 2. The van der Waals surface area contributed by atoms with Crippen LogP contribution in [-0.2, 0) is 0 Å². The molecule has 0 aliphatic heterocycles. The Morgan fingerprint density at radius 1 is 0.706 bits per heavy atom. The number of hydrogen-bond acceptors (Lipinski definition) is 0. The summed E-state index contributed by atoms with van der Waals surface area (Å²) in [6.45, 7) is 3.52. The van der Waals surface area contributed by atoms with Crippen molar-refractivity contribution in [2.45, 2.75) is 84.0 Å². The van der Waals surface area contributed by atoms with Crippen LogP contribution in [0.25, 0.3) is 11.1 Å². The van der Waals surface area contributed by atoms with Crippen molar-refractivity contribution in [3.05, 3.63) is 70.8 Å². The van der Waals surface area contributed by atoms with Gasteiger partial charge in [0.15, 0.2) is 23.3 Å². The molecule has 0 saturated heterocycles. The predicted octanol–water partition coefficient (Wildman–Crippen LogP) is 9.65. The third-order valence-electron chi connectivity index (χ3n) is 8.42. The van der Waals surface area contributed by atoms with E-state index in [4.69, 9.17) is 0 Å². The molecular weight excluding hydrogens is 436 g/mol. The van der Waals surface area contributed by atoms with Crippen molar-refractivity contribution in [1.82, 2.24) is 0 Å². The monoisotopic (exact) mass is 472 g/mol. The molecule has 0 unspecified atom stereocenters. The van der Waals surface area contributed by atoms with Gasteiger partial charge in [-0.1, -0.05) is 49.3 Å². The first-order valence-corrected chi connectivity index (χ1v) is 12.9. The lowest BCUT2D eigenvalue weighted by Gasteiger charge is -2.38. The molecule has 0 amide bonds. The van der Waals surface area contributed by atoms with Crippen LogP contribution in [0, 0.1) is 47.9 Å². The molecule has 2 fully saturated rings. The maximum absolute atomic E-state index is 15.1. The Morgan fingerprint density at radius 2 is 1.26 bits per heavy atom. The number of hydrogen-bond donors (Lipinski definition) is 0. The summed E-state index contributed by atoms with van der Waals surface area (Å²) in [4.78, 5) is 0. The highest BCUT2D eigenvalue weighted by atomic mass is 19.2. The van der Waals surface area contributed by atoms with Crippen molar-refractivity contribution >= 4 is 0 Å². The number of halogens is 4. The summed E-state index contributed by atoms with van der Waals surface area (Å²) in [6.07, 6.45) is 15.9. The fourth-order valence-electron chi connectivity index (χ4n) is 6.29. The van der Waals surface area contributed by atoms with Gasteiger partial charge in [0.25, 0.3) is 0 Å². The van der Waals surface area contributed by atoms with E-state index in [1.165, 1.54) is 63.6 Å². The molecule has 2 aromatic rings. The zero-order valence-corrected chi connectivity index (χ0v) is 20.4. The second-order valence-electron chi connectivity index (χ2n) is 10.4. The van der Waals surface area contributed by atoms with E-state index in [0.717, 1.165) is 37.5 Å². The van der Waals surface area contributed by atoms with Gasteiger partial charge in [-0.2, -0.15) is 0 Å². The van der Waals surface area contributed by atoms with E-state index in [-0.39, 0.29) is 22.6 Å². The Morgan fingerprint density at radius 3 is 1.88 bits per heavy atom. The molecule has 2 aliphatic carbocycles. The van der Waals surface area contributed by atoms with E-state index < -0.39 is 23.3 Å². The minimum absolute atomic E-state index is 0.0171. The molecule has 2 aromatic carbocycles. The molecular formula is C30H36F4. The first kappa shape index (κ1) is 25.0. The minimum atomic E-state index is -1.14. The van der Waals surface area contributed by atoms with Crippen LogP contribution in [0.3, 0.4) is 0 Å². The van der Waals surface area contributed by atoms with Crippen molar-refractivity contribution in [1.29, 1.82) is 0 Å². The van der Waals surface area contributed by atoms with Crippen LogP contribution in [0.15, 0.2) is 36.4 Å². The average Bonchev–Trinajstić information content (AvgIpc) is 2.86. The van der Waals surface area contributed by atoms with Gasteiger partial charge in [-0.25, -0.2) is 17.6 Å². The van der Waals surface area contributed by atoms with Gasteiger partial charge >= 0.3 is 0 Å². The number of benzene rings is 2. The lowest BCUT2D eigenvalue weighted by Crippen LogP contribution is -2.25. The highest BCUT2D eigenvalue weighted by Gasteiger charge is 2.32. The van der Waals surface area contributed by atoms with Gasteiger partial charge in [-0.05, 0) is 100 Å². The van der Waals surface area contributed by atoms with Crippen LogP contribution >= 0.6 is 0 Å². The summed E-state index contributed by atoms with van der Waals surface area (Å²) in [7, 11) is 0. The topological polar surface area (TPSA) is 0 Å². The van der Waals surface area contributed by atoms with Crippen LogP contribution in [0.5, 0.6) is 0 Å². The first-order chi connectivity index (χ1) is 16.4. The molecule has 4 rings (SSSR count). The molecule has 0 N–H and O–H groups in total. The highest BCUT2D eigenvalue weighted by molar-refractivity contribution is 5.66. The molecule has 0 spiro atoms. The molecule has 2 aliphatic rings. The smallest absolute Gasteiger partial charge is 0.167 e. The summed E-state index contributed by atoms with van der Waals surface area (Å²) in [6, 6.07) is 5.68. The summed E-state index contributed by atoms with van der Waals surface area (Å²) < 4.78 is 58.4. The minimum Gasteiger partial charge on any atom is -0.203 e. The average molecular weight is 473 g/mol. The number of rotatable bonds is 6. The Balaban J connectivity index is 1.38. The van der Waals surface area contributed by atoms with Gasteiger partial charge in [-0.3, -0.25) is 0 Å². The Bertz CT molecular complexity index is 1010. The van der Waals surface area contributed by atoms with Gasteiger partial charge in [0, 0.05) is 11.1 Å². The molecule has 0 nitrogen and oxygen atoms in total. The lowest BCUT2D eigenvalue weighted by atomic mass is 9.68. The maximum Gasteiger partial charge on any atom is 0.167 e. The number of aryl methyl sites for hydroxylation is 1. The van der Waals surface area contributed by atoms with Crippen LogP contribution < -0.4 is 0 Å². The van der Waals surface area contributed by atoms with E-state index in [1.54, 1.807) is 6.07 Å². The third kappa shape index (κ3) is 5.26. The van der Waals surface area contributed by atoms with Crippen LogP contribution in [0.4, 0.5) is 17.6 Å². The van der Waals surface area contributed by atoms with E-state index in [1.807, 2.05) is 0 Å². The van der Waals surface area contributed by atoms with Gasteiger partial charge < -0.3 is 0 Å². The highest BCUT2D eigenvalue weighted by Crippen LogP contribution is 2.45. The largest absolute Gasteiger partial charge is 0.203 e. The molecule has 0 bridgehead atoms. The zero-order valence-electron chi connectivity index (χ0n) is 20.4. The van der Waals surface area contributed by atoms with Crippen LogP contribution in [0.2, 0.25) is 0 Å². The van der Waals surface area contributed by atoms with Crippen molar-refractivity contribution in [2.75, 3.05) is 0 Å². The van der Waals surface area contributed by atoms with Crippen LogP contribution in [0.1, 0.15) is 88.2 Å². The normalized spacial score (nSPS) is 25.7. The SMILES string of the molecule is C/C=C/CCC1CCC(C2CCC(c3ccc(-c4ccc(C)c(F)c4F)c(F)c3F)CC2)CC1. The molecule has 0 radical (unpaired) electrons. The molecule has 184 valence electrons. The van der Waals surface area contributed by atoms with Gasteiger partial charge in [0.2, 0.25) is 0 Å². The standard InChI is InChI=1S/C30H36F4/c1-3-4-5-6-20-8-10-21(11-9-20)22-12-14-23(15-13-22)24-17-18-26(30(34)28(24)32)25-16-7-19(2)27(31)29(25)33/h3-4,7,16-18,20-23H,5-6,8-15H2,1-2H3/b4-3+. The van der Waals surface area contributed by atoms with Crippen molar-refractivity contribution in [3.63, 3.8) is 0 Å². The molecule has 0 aromatic heterocycles. The van der Waals surface area contributed by atoms with Crippen molar-refractivity contribution < 1.29 is 17.6 Å². The molecule has 0 heterocycles.